The van der Waals surface area contributed by atoms with Crippen LogP contribution >= 0.6 is 24.0 Å². The normalized spacial score (nSPS) is 14.8. The lowest BCUT2D eigenvalue weighted by Gasteiger charge is -2.20. The number of hydrogen-bond donors (Lipinski definition) is 2. The summed E-state index contributed by atoms with van der Waals surface area (Å²) in [6.07, 6.45) is 5.81. The number of ether oxygens (including phenoxy) is 1. The van der Waals surface area contributed by atoms with Gasteiger partial charge in [0.2, 0.25) is 5.91 Å². The van der Waals surface area contributed by atoms with Gasteiger partial charge in [0.25, 0.3) is 0 Å². The Morgan fingerprint density at radius 1 is 1.17 bits per heavy atom. The molecule has 0 saturated carbocycles. The van der Waals surface area contributed by atoms with E-state index in [4.69, 9.17) is 4.74 Å². The molecular weight excluding hydrogens is 479 g/mol. The molecule has 0 unspecified atom stereocenters. The maximum absolute atomic E-state index is 12.1. The first-order chi connectivity index (χ1) is 13.7. The molecule has 0 radical (unpaired) electrons. The second kappa shape index (κ2) is 15.3. The zero-order valence-corrected chi connectivity index (χ0v) is 20.2. The summed E-state index contributed by atoms with van der Waals surface area (Å²) in [4.78, 5) is 18.7. The van der Waals surface area contributed by atoms with Crippen LogP contribution in [0.5, 0.6) is 5.75 Å². The Hall–Kier alpha value is -1.51. The number of amides is 1. The zero-order chi connectivity index (χ0) is 20.0. The van der Waals surface area contributed by atoms with Crippen LogP contribution in [0.3, 0.4) is 0 Å². The number of carbonyl (C=O) groups excluding carboxylic acids is 1. The number of guanidine groups is 1. The number of hydrogen-bond acceptors (Lipinski definition) is 3. The molecule has 1 amide bonds. The topological polar surface area (TPSA) is 66.0 Å². The van der Waals surface area contributed by atoms with Gasteiger partial charge < -0.3 is 20.3 Å². The van der Waals surface area contributed by atoms with E-state index in [0.717, 1.165) is 63.6 Å². The third-order valence-electron chi connectivity index (χ3n) is 4.83. The van der Waals surface area contributed by atoms with Crippen molar-refractivity contribution in [3.05, 3.63) is 29.8 Å². The maximum atomic E-state index is 12.1. The highest BCUT2D eigenvalue weighted by atomic mass is 127. The Labute approximate surface area is 192 Å². The highest BCUT2D eigenvalue weighted by Crippen LogP contribution is 2.18. The number of aliphatic imine (C=N–C) groups is 1. The van der Waals surface area contributed by atoms with Gasteiger partial charge in [-0.15, -0.1) is 24.0 Å². The van der Waals surface area contributed by atoms with Gasteiger partial charge in [0.15, 0.2) is 5.96 Å². The van der Waals surface area contributed by atoms with E-state index in [1.807, 2.05) is 30.0 Å². The molecule has 164 valence electrons. The van der Waals surface area contributed by atoms with E-state index >= 15 is 0 Å². The van der Waals surface area contributed by atoms with E-state index in [9.17, 15) is 4.79 Å². The molecule has 1 fully saturated rings. The van der Waals surface area contributed by atoms with Crippen molar-refractivity contribution in [2.75, 3.05) is 39.3 Å². The van der Waals surface area contributed by atoms with Crippen molar-refractivity contribution in [1.29, 1.82) is 0 Å². The van der Waals surface area contributed by atoms with Crippen molar-refractivity contribution in [2.24, 2.45) is 4.99 Å². The fourth-order valence-electron chi connectivity index (χ4n) is 3.39. The monoisotopic (exact) mass is 516 g/mol. The van der Waals surface area contributed by atoms with Crippen LogP contribution in [0.25, 0.3) is 0 Å². The smallest absolute Gasteiger partial charge is 0.222 e. The summed E-state index contributed by atoms with van der Waals surface area (Å²) in [7, 11) is 0. The molecule has 0 atom stereocenters. The molecule has 1 aromatic rings. The largest absolute Gasteiger partial charge is 0.494 e. The third kappa shape index (κ3) is 9.69. The molecule has 0 bridgehead atoms. The number of nitrogens with zero attached hydrogens (tertiary/aromatic N) is 2. The quantitative estimate of drug-likeness (QED) is 0.216. The van der Waals surface area contributed by atoms with E-state index in [-0.39, 0.29) is 24.0 Å². The van der Waals surface area contributed by atoms with Crippen LogP contribution in [-0.2, 0) is 11.2 Å². The summed E-state index contributed by atoms with van der Waals surface area (Å²) in [6, 6.07) is 8.17. The first-order valence-corrected chi connectivity index (χ1v) is 10.7. The Balaban J connectivity index is 0.00000420. The Kier molecular flexibility index (Phi) is 13.5. The van der Waals surface area contributed by atoms with Gasteiger partial charge >= 0.3 is 0 Å². The lowest BCUT2D eigenvalue weighted by molar-refractivity contribution is -0.130. The molecule has 6 nitrogen and oxygen atoms in total. The molecular formula is C22H37IN4O2. The Bertz CT molecular complexity index is 625. The molecule has 1 aliphatic rings. The average molecular weight is 516 g/mol. The van der Waals surface area contributed by atoms with E-state index in [1.54, 1.807) is 0 Å². The van der Waals surface area contributed by atoms with Gasteiger partial charge in [-0.25, -0.2) is 0 Å². The molecule has 0 aromatic heterocycles. The number of halogens is 1. The standard InChI is InChI=1S/C22H36N4O2.HI/c1-3-23-22(24-15-10-18-26-17-9-5-6-13-21(26)27)25-16-14-19-11-7-8-12-20(19)28-4-2;/h7-8,11-12H,3-6,9-10,13-18H2,1-2H3,(H2,23,24,25);1H. The summed E-state index contributed by atoms with van der Waals surface area (Å²) in [5.74, 6) is 2.09. The molecule has 7 heteroatoms. The van der Waals surface area contributed by atoms with Crippen LogP contribution in [0.2, 0.25) is 0 Å². The molecule has 0 aliphatic carbocycles. The van der Waals surface area contributed by atoms with Gasteiger partial charge in [0.1, 0.15) is 5.75 Å². The van der Waals surface area contributed by atoms with Gasteiger partial charge in [0, 0.05) is 39.1 Å². The van der Waals surface area contributed by atoms with Crippen LogP contribution < -0.4 is 15.4 Å². The lowest BCUT2D eigenvalue weighted by Crippen LogP contribution is -2.38. The highest BCUT2D eigenvalue weighted by Gasteiger charge is 2.15. The second-order valence-corrected chi connectivity index (χ2v) is 7.02. The van der Waals surface area contributed by atoms with E-state index < -0.39 is 0 Å². The van der Waals surface area contributed by atoms with Gasteiger partial charge in [0.05, 0.1) is 6.61 Å². The molecule has 1 heterocycles. The van der Waals surface area contributed by atoms with Crippen LogP contribution in [-0.4, -0.2) is 56.1 Å². The van der Waals surface area contributed by atoms with Gasteiger partial charge in [-0.05, 0) is 51.2 Å². The minimum Gasteiger partial charge on any atom is -0.494 e. The Morgan fingerprint density at radius 2 is 2.00 bits per heavy atom. The molecule has 1 aliphatic heterocycles. The van der Waals surface area contributed by atoms with E-state index in [1.165, 1.54) is 12.0 Å². The summed E-state index contributed by atoms with van der Waals surface area (Å²) < 4.78 is 5.69. The van der Waals surface area contributed by atoms with Crippen LogP contribution in [0.4, 0.5) is 0 Å². The summed E-state index contributed by atoms with van der Waals surface area (Å²) in [6.45, 7) is 8.79. The Morgan fingerprint density at radius 3 is 2.79 bits per heavy atom. The van der Waals surface area contributed by atoms with Crippen molar-refractivity contribution < 1.29 is 9.53 Å². The summed E-state index contributed by atoms with van der Waals surface area (Å²) >= 11 is 0. The zero-order valence-electron chi connectivity index (χ0n) is 17.9. The number of nitrogens with one attached hydrogen (secondary N) is 2. The maximum Gasteiger partial charge on any atom is 0.222 e. The highest BCUT2D eigenvalue weighted by molar-refractivity contribution is 14.0. The molecule has 1 saturated heterocycles. The van der Waals surface area contributed by atoms with Crippen LogP contribution in [0.1, 0.15) is 51.5 Å². The minimum atomic E-state index is 0. The molecule has 2 N–H and O–H groups in total. The van der Waals surface area contributed by atoms with Crippen molar-refractivity contribution in [1.82, 2.24) is 15.5 Å². The lowest BCUT2D eigenvalue weighted by atomic mass is 10.1. The third-order valence-corrected chi connectivity index (χ3v) is 4.83. The molecule has 29 heavy (non-hydrogen) atoms. The minimum absolute atomic E-state index is 0. The first kappa shape index (κ1) is 25.5. The first-order valence-electron chi connectivity index (χ1n) is 10.7. The molecule has 2 rings (SSSR count). The van der Waals surface area contributed by atoms with E-state index in [2.05, 4.69) is 28.6 Å². The predicted molar refractivity (Wildman–Crippen MR) is 130 cm³/mol. The number of carbonyl (C=O) groups is 1. The predicted octanol–water partition coefficient (Wildman–Crippen LogP) is 3.59. The number of rotatable bonds is 10. The van der Waals surface area contributed by atoms with Crippen molar-refractivity contribution in [3.63, 3.8) is 0 Å². The van der Waals surface area contributed by atoms with Crippen LogP contribution in [0, 0.1) is 0 Å². The fourth-order valence-corrected chi connectivity index (χ4v) is 3.39. The SMILES string of the molecule is CCNC(=NCCCN1CCCCCC1=O)NCCc1ccccc1OCC.I. The number of benzene rings is 1. The second-order valence-electron chi connectivity index (χ2n) is 7.02. The van der Waals surface area contributed by atoms with Gasteiger partial charge in [-0.2, -0.15) is 0 Å². The number of likely N-dealkylation sites (tertiary alicyclic amines) is 1. The summed E-state index contributed by atoms with van der Waals surface area (Å²) in [5.41, 5.74) is 1.20. The van der Waals surface area contributed by atoms with Gasteiger partial charge in [-0.1, -0.05) is 24.6 Å². The van der Waals surface area contributed by atoms with E-state index in [0.29, 0.717) is 25.5 Å². The average Bonchev–Trinajstić information content (AvgIpc) is 2.91. The molecule has 0 spiro atoms. The van der Waals surface area contributed by atoms with Crippen molar-refractivity contribution >= 4 is 35.8 Å². The summed E-state index contributed by atoms with van der Waals surface area (Å²) in [5, 5.41) is 6.69. The van der Waals surface area contributed by atoms with Crippen molar-refractivity contribution in [2.45, 2.75) is 52.4 Å². The number of para-hydroxylation sites is 1. The fraction of sp³-hybridized carbons (Fsp3) is 0.636. The van der Waals surface area contributed by atoms with Gasteiger partial charge in [-0.3, -0.25) is 9.79 Å². The molecule has 1 aromatic carbocycles. The van der Waals surface area contributed by atoms with Crippen LogP contribution in [0.15, 0.2) is 29.3 Å². The van der Waals surface area contributed by atoms with Crippen molar-refractivity contribution in [3.8, 4) is 5.75 Å².